The molecule has 0 unspecified atom stereocenters. The molecule has 2 aromatic carbocycles. The number of hydrogen-bond donors (Lipinski definition) is 1. The van der Waals surface area contributed by atoms with Crippen LogP contribution in [0.2, 0.25) is 10.0 Å². The van der Waals surface area contributed by atoms with Crippen LogP contribution in [0.25, 0.3) is 0 Å². The molecule has 4 heteroatoms. The molecule has 0 aliphatic heterocycles. The van der Waals surface area contributed by atoms with Gasteiger partial charge in [0.2, 0.25) is 5.91 Å². The van der Waals surface area contributed by atoms with Gasteiger partial charge in [0.05, 0.1) is 5.92 Å². The number of carbonyl (C=O) groups excluding carboxylic acids is 1. The Morgan fingerprint density at radius 3 is 1.75 bits per heavy atom. The molecule has 2 nitrogen and oxygen atoms in total. The van der Waals surface area contributed by atoms with Crippen LogP contribution >= 0.6 is 23.2 Å². The number of carbonyl (C=O) groups is 1. The van der Waals surface area contributed by atoms with Gasteiger partial charge in [-0.1, -0.05) is 66.7 Å². The summed E-state index contributed by atoms with van der Waals surface area (Å²) >= 11 is 12.0. The molecule has 126 valence electrons. The van der Waals surface area contributed by atoms with E-state index in [1.54, 1.807) is 0 Å². The minimum atomic E-state index is -0.346. The highest BCUT2D eigenvalue weighted by molar-refractivity contribution is 6.30. The number of amides is 1. The Morgan fingerprint density at radius 1 is 0.833 bits per heavy atom. The molecule has 0 atom stereocenters. The second kappa shape index (κ2) is 8.04. The molecule has 1 N–H and O–H groups in total. The van der Waals surface area contributed by atoms with Crippen LogP contribution in [0.3, 0.4) is 0 Å². The molecule has 1 aliphatic rings. The van der Waals surface area contributed by atoms with Gasteiger partial charge in [0.15, 0.2) is 0 Å². The fourth-order valence-corrected chi connectivity index (χ4v) is 3.59. The van der Waals surface area contributed by atoms with Crippen LogP contribution in [0.15, 0.2) is 48.5 Å². The zero-order valence-corrected chi connectivity index (χ0v) is 15.0. The maximum Gasteiger partial charge on any atom is 0.232 e. The second-order valence-electron chi connectivity index (χ2n) is 6.38. The Labute approximate surface area is 153 Å². The van der Waals surface area contributed by atoms with Crippen LogP contribution in [0.5, 0.6) is 0 Å². The molecule has 1 fully saturated rings. The van der Waals surface area contributed by atoms with Crippen molar-refractivity contribution in [1.82, 2.24) is 5.32 Å². The molecule has 0 saturated heterocycles. The molecule has 0 heterocycles. The third-order valence-corrected chi connectivity index (χ3v) is 5.12. The first-order valence-electron chi connectivity index (χ1n) is 8.45. The summed E-state index contributed by atoms with van der Waals surface area (Å²) in [5.41, 5.74) is 1.88. The standard InChI is InChI=1S/C20H21Cl2NO/c21-16-10-6-14(7-11-16)19(15-8-12-17(22)13-9-15)20(24)23-18-4-2-1-3-5-18/h6-13,18-19H,1-5H2,(H,23,24). The highest BCUT2D eigenvalue weighted by Crippen LogP contribution is 2.28. The molecule has 1 saturated carbocycles. The van der Waals surface area contributed by atoms with Crippen molar-refractivity contribution in [3.63, 3.8) is 0 Å². The largest absolute Gasteiger partial charge is 0.353 e. The first-order chi connectivity index (χ1) is 11.6. The fourth-order valence-electron chi connectivity index (χ4n) is 3.34. The summed E-state index contributed by atoms with van der Waals surface area (Å²) in [4.78, 5) is 13.0. The maximum atomic E-state index is 13.0. The number of benzene rings is 2. The van der Waals surface area contributed by atoms with E-state index in [0.717, 1.165) is 24.0 Å². The smallest absolute Gasteiger partial charge is 0.232 e. The van der Waals surface area contributed by atoms with E-state index >= 15 is 0 Å². The van der Waals surface area contributed by atoms with Crippen molar-refractivity contribution in [3.05, 3.63) is 69.7 Å². The lowest BCUT2D eigenvalue weighted by atomic mass is 9.89. The number of rotatable bonds is 4. The van der Waals surface area contributed by atoms with Crippen molar-refractivity contribution < 1.29 is 4.79 Å². The maximum absolute atomic E-state index is 13.0. The minimum absolute atomic E-state index is 0.0477. The van der Waals surface area contributed by atoms with Crippen LogP contribution < -0.4 is 5.32 Å². The molecule has 0 radical (unpaired) electrons. The molecular weight excluding hydrogens is 341 g/mol. The van der Waals surface area contributed by atoms with Gasteiger partial charge >= 0.3 is 0 Å². The van der Waals surface area contributed by atoms with Crippen molar-refractivity contribution in [2.45, 2.75) is 44.1 Å². The quantitative estimate of drug-likeness (QED) is 0.756. The molecule has 2 aromatic rings. The fraction of sp³-hybridized carbons (Fsp3) is 0.350. The summed E-state index contributed by atoms with van der Waals surface area (Å²) in [5, 5.41) is 4.58. The van der Waals surface area contributed by atoms with Crippen LogP contribution in [-0.4, -0.2) is 11.9 Å². The van der Waals surface area contributed by atoms with Crippen LogP contribution in [0.4, 0.5) is 0 Å². The van der Waals surface area contributed by atoms with Gasteiger partial charge in [-0.15, -0.1) is 0 Å². The first kappa shape index (κ1) is 17.3. The lowest BCUT2D eigenvalue weighted by Crippen LogP contribution is -2.39. The molecule has 24 heavy (non-hydrogen) atoms. The van der Waals surface area contributed by atoms with Crippen molar-refractivity contribution in [3.8, 4) is 0 Å². The summed E-state index contributed by atoms with van der Waals surface area (Å²) in [6.45, 7) is 0. The molecule has 1 aliphatic carbocycles. The molecule has 1 amide bonds. The lowest BCUT2D eigenvalue weighted by molar-refractivity contribution is -0.122. The van der Waals surface area contributed by atoms with Gasteiger partial charge in [0.1, 0.15) is 0 Å². The van der Waals surface area contributed by atoms with Gasteiger partial charge in [0.25, 0.3) is 0 Å². The summed E-state index contributed by atoms with van der Waals surface area (Å²) in [7, 11) is 0. The average molecular weight is 362 g/mol. The van der Waals surface area contributed by atoms with Gasteiger partial charge in [-0.3, -0.25) is 4.79 Å². The van der Waals surface area contributed by atoms with Crippen molar-refractivity contribution in [2.24, 2.45) is 0 Å². The molecule has 3 rings (SSSR count). The second-order valence-corrected chi connectivity index (χ2v) is 7.25. The zero-order chi connectivity index (χ0) is 16.9. The lowest BCUT2D eigenvalue weighted by Gasteiger charge is -2.26. The van der Waals surface area contributed by atoms with Gasteiger partial charge < -0.3 is 5.32 Å². The summed E-state index contributed by atoms with van der Waals surface area (Å²) < 4.78 is 0. The van der Waals surface area contributed by atoms with E-state index in [4.69, 9.17) is 23.2 Å². The van der Waals surface area contributed by atoms with Crippen molar-refractivity contribution in [1.29, 1.82) is 0 Å². The first-order valence-corrected chi connectivity index (χ1v) is 9.20. The summed E-state index contributed by atoms with van der Waals surface area (Å²) in [6.07, 6.45) is 5.79. The van der Waals surface area contributed by atoms with Crippen molar-refractivity contribution in [2.75, 3.05) is 0 Å². The molecule has 0 spiro atoms. The normalized spacial score (nSPS) is 15.5. The van der Waals surface area contributed by atoms with Gasteiger partial charge in [-0.05, 0) is 48.2 Å². The Morgan fingerprint density at radius 2 is 1.29 bits per heavy atom. The predicted octanol–water partition coefficient (Wildman–Crippen LogP) is 5.57. The van der Waals surface area contributed by atoms with Crippen LogP contribution in [0.1, 0.15) is 49.1 Å². The molecule has 0 aromatic heterocycles. The Hall–Kier alpha value is -1.51. The third kappa shape index (κ3) is 4.31. The van der Waals surface area contributed by atoms with E-state index < -0.39 is 0 Å². The number of halogens is 2. The van der Waals surface area contributed by atoms with Gasteiger partial charge in [-0.25, -0.2) is 0 Å². The van der Waals surface area contributed by atoms with E-state index in [1.807, 2.05) is 48.5 Å². The topological polar surface area (TPSA) is 29.1 Å². The van der Waals surface area contributed by atoms with E-state index in [2.05, 4.69) is 5.32 Å². The Bertz CT molecular complexity index is 630. The highest BCUT2D eigenvalue weighted by Gasteiger charge is 2.25. The van der Waals surface area contributed by atoms with Gasteiger partial charge in [-0.2, -0.15) is 0 Å². The summed E-state index contributed by atoms with van der Waals surface area (Å²) in [6, 6.07) is 15.3. The SMILES string of the molecule is O=C(NC1CCCCC1)C(c1ccc(Cl)cc1)c1ccc(Cl)cc1. The minimum Gasteiger partial charge on any atom is -0.353 e. The van der Waals surface area contributed by atoms with E-state index in [0.29, 0.717) is 10.0 Å². The third-order valence-electron chi connectivity index (χ3n) is 4.62. The highest BCUT2D eigenvalue weighted by atomic mass is 35.5. The van der Waals surface area contributed by atoms with E-state index in [9.17, 15) is 4.79 Å². The number of hydrogen-bond acceptors (Lipinski definition) is 1. The van der Waals surface area contributed by atoms with Crippen LogP contribution in [-0.2, 0) is 4.79 Å². The molecule has 0 bridgehead atoms. The van der Waals surface area contributed by atoms with E-state index in [1.165, 1.54) is 19.3 Å². The Balaban J connectivity index is 1.87. The zero-order valence-electron chi connectivity index (χ0n) is 13.5. The van der Waals surface area contributed by atoms with E-state index in [-0.39, 0.29) is 17.9 Å². The number of nitrogens with one attached hydrogen (secondary N) is 1. The predicted molar refractivity (Wildman–Crippen MR) is 99.8 cm³/mol. The van der Waals surface area contributed by atoms with Gasteiger partial charge in [0, 0.05) is 16.1 Å². The Kier molecular flexibility index (Phi) is 5.80. The van der Waals surface area contributed by atoms with Crippen molar-refractivity contribution >= 4 is 29.1 Å². The van der Waals surface area contributed by atoms with Crippen LogP contribution in [0, 0.1) is 0 Å². The summed E-state index contributed by atoms with van der Waals surface area (Å²) in [5.74, 6) is -0.298. The average Bonchev–Trinajstić information content (AvgIpc) is 2.59. The monoisotopic (exact) mass is 361 g/mol. The molecular formula is C20H21Cl2NO.